The van der Waals surface area contributed by atoms with E-state index in [0.29, 0.717) is 12.1 Å². The highest BCUT2D eigenvalue weighted by Gasteiger charge is 2.16. The Balaban J connectivity index is 2.24. The van der Waals surface area contributed by atoms with Crippen LogP contribution in [0.2, 0.25) is 0 Å². The predicted molar refractivity (Wildman–Crippen MR) is 73.4 cm³/mol. The minimum Gasteiger partial charge on any atom is -0.369 e. The maximum absolute atomic E-state index is 11.7. The lowest BCUT2D eigenvalue weighted by Gasteiger charge is -2.20. The number of nitrogens with zero attached hydrogens (tertiary/aromatic N) is 3. The van der Waals surface area contributed by atoms with Crippen LogP contribution in [0.25, 0.3) is 0 Å². The topological polar surface area (TPSA) is 76.2 Å². The number of anilines is 1. The zero-order chi connectivity index (χ0) is 13.8. The molecule has 0 bridgehead atoms. The second-order valence-electron chi connectivity index (χ2n) is 4.29. The van der Waals surface area contributed by atoms with Crippen molar-refractivity contribution in [3.05, 3.63) is 47.8 Å². The van der Waals surface area contributed by atoms with Crippen LogP contribution in [0, 0.1) is 0 Å². The third-order valence-corrected chi connectivity index (χ3v) is 3.02. The number of nitrogens with one attached hydrogen (secondary N) is 1. The van der Waals surface area contributed by atoms with Gasteiger partial charge in [-0.25, -0.2) is 5.84 Å². The van der Waals surface area contributed by atoms with Gasteiger partial charge in [-0.15, -0.1) is 0 Å². The highest BCUT2D eigenvalue weighted by molar-refractivity contribution is 5.94. The molecule has 0 unspecified atom stereocenters. The number of benzene rings is 1. The average molecular weight is 259 g/mol. The van der Waals surface area contributed by atoms with E-state index in [2.05, 4.69) is 10.5 Å². The molecule has 2 rings (SSSR count). The zero-order valence-electron chi connectivity index (χ0n) is 11.0. The molecule has 6 heteroatoms. The third kappa shape index (κ3) is 2.74. The molecule has 0 aliphatic carbocycles. The van der Waals surface area contributed by atoms with Crippen LogP contribution in [0.3, 0.4) is 0 Å². The van der Waals surface area contributed by atoms with Crippen molar-refractivity contribution >= 4 is 11.6 Å². The van der Waals surface area contributed by atoms with Crippen LogP contribution >= 0.6 is 0 Å². The zero-order valence-corrected chi connectivity index (χ0v) is 11.0. The summed E-state index contributed by atoms with van der Waals surface area (Å²) in [4.78, 5) is 13.7. The number of carbonyl (C=O) groups excluding carboxylic acids is 1. The SMILES string of the molecule is CN(Cc1c(C(=O)NN)cnn1C)c1ccccc1. The van der Waals surface area contributed by atoms with Gasteiger partial charge in [0.1, 0.15) is 0 Å². The second kappa shape index (κ2) is 5.53. The van der Waals surface area contributed by atoms with Crippen molar-refractivity contribution in [2.24, 2.45) is 12.9 Å². The maximum Gasteiger partial charge on any atom is 0.268 e. The van der Waals surface area contributed by atoms with Crippen LogP contribution in [0.1, 0.15) is 16.1 Å². The monoisotopic (exact) mass is 259 g/mol. The summed E-state index contributed by atoms with van der Waals surface area (Å²) in [6, 6.07) is 9.94. The molecule has 0 aliphatic heterocycles. The fourth-order valence-corrected chi connectivity index (χ4v) is 1.92. The number of nitrogens with two attached hydrogens (primary N) is 1. The van der Waals surface area contributed by atoms with E-state index in [-0.39, 0.29) is 5.91 Å². The lowest BCUT2D eigenvalue weighted by Crippen LogP contribution is -2.31. The van der Waals surface area contributed by atoms with E-state index >= 15 is 0 Å². The Hall–Kier alpha value is -2.34. The average Bonchev–Trinajstić information content (AvgIpc) is 2.80. The van der Waals surface area contributed by atoms with Gasteiger partial charge < -0.3 is 4.90 Å². The molecule has 1 heterocycles. The van der Waals surface area contributed by atoms with Gasteiger partial charge in [0.25, 0.3) is 5.91 Å². The first-order valence-corrected chi connectivity index (χ1v) is 5.91. The van der Waals surface area contributed by atoms with Crippen LogP contribution in [-0.2, 0) is 13.6 Å². The Morgan fingerprint density at radius 3 is 2.74 bits per heavy atom. The normalized spacial score (nSPS) is 10.3. The fourth-order valence-electron chi connectivity index (χ4n) is 1.92. The standard InChI is InChI=1S/C13H17N5O/c1-17(10-6-4-3-5-7-10)9-12-11(13(19)16-14)8-15-18(12)2/h3-8H,9,14H2,1-2H3,(H,16,19). The summed E-state index contributed by atoms with van der Waals surface area (Å²) in [5.41, 5.74) is 4.52. The molecule has 6 nitrogen and oxygen atoms in total. The van der Waals surface area contributed by atoms with Crippen molar-refractivity contribution < 1.29 is 4.79 Å². The van der Waals surface area contributed by atoms with Gasteiger partial charge in [-0.2, -0.15) is 5.10 Å². The number of nitrogen functional groups attached to an aromatic ring is 1. The number of aryl methyl sites for hydroxylation is 1. The lowest BCUT2D eigenvalue weighted by molar-refractivity contribution is 0.0952. The summed E-state index contributed by atoms with van der Waals surface area (Å²) in [6.45, 7) is 0.573. The van der Waals surface area contributed by atoms with Gasteiger partial charge in [0.05, 0.1) is 24.0 Å². The molecule has 1 aromatic heterocycles. The van der Waals surface area contributed by atoms with Crippen LogP contribution in [0.5, 0.6) is 0 Å². The van der Waals surface area contributed by atoms with E-state index < -0.39 is 0 Å². The number of para-hydroxylation sites is 1. The molecule has 1 amide bonds. The Morgan fingerprint density at radius 2 is 2.11 bits per heavy atom. The highest BCUT2D eigenvalue weighted by Crippen LogP contribution is 2.16. The van der Waals surface area contributed by atoms with Gasteiger partial charge in [-0.05, 0) is 12.1 Å². The Kier molecular flexibility index (Phi) is 3.82. The first-order chi connectivity index (χ1) is 9.13. The number of amides is 1. The van der Waals surface area contributed by atoms with Gasteiger partial charge in [-0.1, -0.05) is 18.2 Å². The minimum atomic E-state index is -0.329. The van der Waals surface area contributed by atoms with E-state index in [0.717, 1.165) is 11.4 Å². The number of hydrazine groups is 1. The Morgan fingerprint density at radius 1 is 1.42 bits per heavy atom. The Labute approximate surface area is 111 Å². The van der Waals surface area contributed by atoms with Crippen LogP contribution in [0.4, 0.5) is 5.69 Å². The second-order valence-corrected chi connectivity index (χ2v) is 4.29. The van der Waals surface area contributed by atoms with Gasteiger partial charge in [0, 0.05) is 19.8 Å². The quantitative estimate of drug-likeness (QED) is 0.480. The predicted octanol–water partition coefficient (Wildman–Crippen LogP) is 0.660. The molecule has 3 N–H and O–H groups in total. The molecule has 0 saturated heterocycles. The number of carbonyl (C=O) groups is 1. The molecule has 0 aliphatic rings. The molecule has 0 radical (unpaired) electrons. The van der Waals surface area contributed by atoms with Crippen LogP contribution in [0.15, 0.2) is 36.5 Å². The van der Waals surface area contributed by atoms with Crippen molar-refractivity contribution in [1.82, 2.24) is 15.2 Å². The fraction of sp³-hybridized carbons (Fsp3) is 0.231. The molecule has 1 aromatic carbocycles. The molecular formula is C13H17N5O. The summed E-state index contributed by atoms with van der Waals surface area (Å²) in [6.07, 6.45) is 1.52. The smallest absolute Gasteiger partial charge is 0.268 e. The van der Waals surface area contributed by atoms with E-state index in [1.54, 1.807) is 4.68 Å². The van der Waals surface area contributed by atoms with Crippen molar-refractivity contribution in [3.63, 3.8) is 0 Å². The maximum atomic E-state index is 11.7. The molecule has 19 heavy (non-hydrogen) atoms. The lowest BCUT2D eigenvalue weighted by atomic mass is 10.2. The van der Waals surface area contributed by atoms with E-state index in [4.69, 9.17) is 5.84 Å². The van der Waals surface area contributed by atoms with E-state index in [1.165, 1.54) is 6.20 Å². The van der Waals surface area contributed by atoms with Crippen molar-refractivity contribution in [2.45, 2.75) is 6.54 Å². The summed E-state index contributed by atoms with van der Waals surface area (Å²) in [5, 5.41) is 4.11. The van der Waals surface area contributed by atoms with Crippen molar-refractivity contribution in [1.29, 1.82) is 0 Å². The summed E-state index contributed by atoms with van der Waals surface area (Å²) >= 11 is 0. The van der Waals surface area contributed by atoms with Gasteiger partial charge in [0.15, 0.2) is 0 Å². The first kappa shape index (κ1) is 13.1. The largest absolute Gasteiger partial charge is 0.369 e. The number of rotatable bonds is 4. The van der Waals surface area contributed by atoms with Gasteiger partial charge >= 0.3 is 0 Å². The molecule has 0 atom stereocenters. The third-order valence-electron chi connectivity index (χ3n) is 3.02. The van der Waals surface area contributed by atoms with Crippen LogP contribution < -0.4 is 16.2 Å². The van der Waals surface area contributed by atoms with Gasteiger partial charge in [0.2, 0.25) is 0 Å². The number of aromatic nitrogens is 2. The highest BCUT2D eigenvalue weighted by atomic mass is 16.2. The molecular weight excluding hydrogens is 242 g/mol. The number of hydrogen-bond acceptors (Lipinski definition) is 4. The van der Waals surface area contributed by atoms with E-state index in [1.807, 2.05) is 49.3 Å². The number of hydrogen-bond donors (Lipinski definition) is 2. The summed E-state index contributed by atoms with van der Waals surface area (Å²) < 4.78 is 1.68. The summed E-state index contributed by atoms with van der Waals surface area (Å²) in [5.74, 6) is 4.84. The molecule has 0 fully saturated rings. The molecule has 0 saturated carbocycles. The van der Waals surface area contributed by atoms with E-state index in [9.17, 15) is 4.79 Å². The van der Waals surface area contributed by atoms with Crippen LogP contribution in [-0.4, -0.2) is 22.7 Å². The minimum absolute atomic E-state index is 0.329. The van der Waals surface area contributed by atoms with Crippen molar-refractivity contribution in [2.75, 3.05) is 11.9 Å². The molecule has 0 spiro atoms. The van der Waals surface area contributed by atoms with Gasteiger partial charge in [-0.3, -0.25) is 14.9 Å². The van der Waals surface area contributed by atoms with Crippen molar-refractivity contribution in [3.8, 4) is 0 Å². The molecule has 100 valence electrons. The first-order valence-electron chi connectivity index (χ1n) is 5.91. The Bertz CT molecular complexity index is 564. The summed E-state index contributed by atoms with van der Waals surface area (Å²) in [7, 11) is 3.77. The molecule has 2 aromatic rings.